The zero-order valence-corrected chi connectivity index (χ0v) is 15.6. The predicted octanol–water partition coefficient (Wildman–Crippen LogP) is -3.87. The molecule has 0 spiro atoms. The van der Waals surface area contributed by atoms with Crippen LogP contribution in [-0.2, 0) is 24.0 Å². The second-order valence-corrected chi connectivity index (χ2v) is 6.47. The van der Waals surface area contributed by atoms with Gasteiger partial charge in [0.05, 0.1) is 19.3 Å². The number of hydrogen-bond donors (Lipinski definition) is 8. The largest absolute Gasteiger partial charge is 0.481 e. The summed E-state index contributed by atoms with van der Waals surface area (Å²) in [5.41, 5.74) is 0. The smallest absolute Gasteiger partial charge is 0.328 e. The van der Waals surface area contributed by atoms with E-state index in [1.165, 1.54) is 0 Å². The number of hydrogen-bond acceptors (Lipinski definition) is 8. The van der Waals surface area contributed by atoms with Crippen molar-refractivity contribution in [3.63, 3.8) is 0 Å². The van der Waals surface area contributed by atoms with E-state index >= 15 is 0 Å². The van der Waals surface area contributed by atoms with Crippen molar-refractivity contribution in [3.05, 3.63) is 0 Å². The van der Waals surface area contributed by atoms with E-state index < -0.39 is 73.5 Å². The Morgan fingerprint density at radius 2 is 1.48 bits per heavy atom. The third-order valence-corrected chi connectivity index (χ3v) is 4.27. The number of nitrogens with one attached hydrogen (secondary N) is 4. The Morgan fingerprint density at radius 3 is 1.97 bits per heavy atom. The second kappa shape index (κ2) is 11.9. The molecule has 1 fully saturated rings. The highest BCUT2D eigenvalue weighted by Gasteiger charge is 2.31. The normalized spacial score (nSPS) is 18.9. The number of aliphatic hydroxyl groups is 2. The van der Waals surface area contributed by atoms with Gasteiger partial charge in [0, 0.05) is 6.42 Å². The summed E-state index contributed by atoms with van der Waals surface area (Å²) in [6.45, 7) is -1.04. The van der Waals surface area contributed by atoms with Crippen LogP contribution in [0.3, 0.4) is 0 Å². The van der Waals surface area contributed by atoms with Crippen molar-refractivity contribution in [3.8, 4) is 0 Å². The molecule has 0 aliphatic carbocycles. The molecule has 1 heterocycles. The lowest BCUT2D eigenvalue weighted by molar-refractivity contribution is -0.144. The Hall–Kier alpha value is -2.77. The van der Waals surface area contributed by atoms with Gasteiger partial charge in [0.2, 0.25) is 17.7 Å². The summed E-state index contributed by atoms with van der Waals surface area (Å²) >= 11 is 0. The van der Waals surface area contributed by atoms with Crippen molar-refractivity contribution in [2.45, 2.75) is 49.9 Å². The number of carbonyl (C=O) groups excluding carboxylic acids is 3. The van der Waals surface area contributed by atoms with Crippen LogP contribution in [0.5, 0.6) is 0 Å². The monoisotopic (exact) mass is 418 g/mol. The molecular formula is C16H26N4O9. The molecule has 1 aliphatic rings. The highest BCUT2D eigenvalue weighted by Crippen LogP contribution is 2.05. The summed E-state index contributed by atoms with van der Waals surface area (Å²) in [6, 6.07) is -5.00. The molecule has 4 unspecified atom stereocenters. The molecule has 1 aliphatic heterocycles. The minimum atomic E-state index is -1.64. The van der Waals surface area contributed by atoms with E-state index in [4.69, 9.17) is 15.3 Å². The van der Waals surface area contributed by atoms with Crippen LogP contribution in [0.15, 0.2) is 0 Å². The zero-order valence-electron chi connectivity index (χ0n) is 15.6. The van der Waals surface area contributed by atoms with Crippen LogP contribution in [0.4, 0.5) is 0 Å². The van der Waals surface area contributed by atoms with Crippen LogP contribution in [0, 0.1) is 0 Å². The molecule has 29 heavy (non-hydrogen) atoms. The molecule has 1 saturated heterocycles. The average Bonchev–Trinajstić information content (AvgIpc) is 3.21. The number of carboxylic acid groups (broad SMARTS) is 2. The van der Waals surface area contributed by atoms with Gasteiger partial charge in [0.1, 0.15) is 18.1 Å². The molecule has 0 aromatic rings. The van der Waals surface area contributed by atoms with Gasteiger partial charge in [-0.15, -0.1) is 0 Å². The zero-order chi connectivity index (χ0) is 22.0. The lowest BCUT2D eigenvalue weighted by atomic mass is 10.1. The fourth-order valence-electron chi connectivity index (χ4n) is 2.64. The van der Waals surface area contributed by atoms with E-state index in [-0.39, 0.29) is 6.42 Å². The van der Waals surface area contributed by atoms with Crippen LogP contribution in [-0.4, -0.2) is 94.0 Å². The number of rotatable bonds is 12. The Morgan fingerprint density at radius 1 is 0.897 bits per heavy atom. The van der Waals surface area contributed by atoms with E-state index in [0.29, 0.717) is 13.0 Å². The lowest BCUT2D eigenvalue weighted by Gasteiger charge is -2.23. The molecule has 0 bridgehead atoms. The number of aliphatic carboxylic acids is 2. The van der Waals surface area contributed by atoms with Crippen LogP contribution in [0.2, 0.25) is 0 Å². The molecular weight excluding hydrogens is 392 g/mol. The van der Waals surface area contributed by atoms with E-state index in [1.54, 1.807) is 0 Å². The molecule has 3 amide bonds. The maximum Gasteiger partial charge on any atom is 0.328 e. The Kier molecular flexibility index (Phi) is 9.99. The first kappa shape index (κ1) is 24.3. The quantitative estimate of drug-likeness (QED) is 0.154. The number of aliphatic hydroxyl groups excluding tert-OH is 2. The summed E-state index contributed by atoms with van der Waals surface area (Å²) in [5, 5.41) is 45.6. The van der Waals surface area contributed by atoms with Gasteiger partial charge < -0.3 is 41.7 Å². The molecule has 0 aromatic carbocycles. The Labute approximate surface area is 165 Å². The minimum absolute atomic E-state index is 0.374. The summed E-state index contributed by atoms with van der Waals surface area (Å²) in [7, 11) is 0. The first-order valence-corrected chi connectivity index (χ1v) is 9.00. The van der Waals surface area contributed by atoms with Crippen LogP contribution in [0.25, 0.3) is 0 Å². The van der Waals surface area contributed by atoms with Crippen LogP contribution in [0.1, 0.15) is 25.7 Å². The molecule has 0 radical (unpaired) electrons. The number of carbonyl (C=O) groups is 5. The first-order chi connectivity index (χ1) is 13.7. The van der Waals surface area contributed by atoms with E-state index in [1.807, 2.05) is 5.32 Å². The van der Waals surface area contributed by atoms with Gasteiger partial charge in [-0.3, -0.25) is 19.2 Å². The highest BCUT2D eigenvalue weighted by atomic mass is 16.4. The lowest BCUT2D eigenvalue weighted by Crippen LogP contribution is -2.58. The Balaban J connectivity index is 2.78. The summed E-state index contributed by atoms with van der Waals surface area (Å²) in [5.74, 6) is -5.25. The fraction of sp³-hybridized carbons (Fsp3) is 0.688. The molecule has 0 saturated carbocycles. The molecule has 0 aromatic heterocycles. The topological polar surface area (TPSA) is 214 Å². The highest BCUT2D eigenvalue weighted by molar-refractivity contribution is 5.94. The first-order valence-electron chi connectivity index (χ1n) is 9.00. The molecule has 13 heteroatoms. The van der Waals surface area contributed by atoms with Crippen molar-refractivity contribution in [2.75, 3.05) is 19.8 Å². The molecule has 1 rings (SSSR count). The third kappa shape index (κ3) is 8.01. The number of carboxylic acids is 2. The second-order valence-electron chi connectivity index (χ2n) is 6.47. The molecule has 13 nitrogen and oxygen atoms in total. The fourth-order valence-corrected chi connectivity index (χ4v) is 2.64. The summed E-state index contributed by atoms with van der Waals surface area (Å²) in [4.78, 5) is 58.5. The van der Waals surface area contributed by atoms with E-state index in [0.717, 1.165) is 6.42 Å². The number of amides is 3. The maximum atomic E-state index is 12.4. The van der Waals surface area contributed by atoms with Gasteiger partial charge in [0.15, 0.2) is 0 Å². The van der Waals surface area contributed by atoms with Gasteiger partial charge in [-0.1, -0.05) is 0 Å². The van der Waals surface area contributed by atoms with Crippen molar-refractivity contribution < 1.29 is 44.4 Å². The van der Waals surface area contributed by atoms with E-state index in [2.05, 4.69) is 16.0 Å². The van der Waals surface area contributed by atoms with Crippen molar-refractivity contribution >= 4 is 29.7 Å². The molecule has 8 N–H and O–H groups in total. The van der Waals surface area contributed by atoms with Gasteiger partial charge >= 0.3 is 11.9 Å². The predicted molar refractivity (Wildman–Crippen MR) is 95.5 cm³/mol. The molecule has 164 valence electrons. The van der Waals surface area contributed by atoms with Crippen molar-refractivity contribution in [1.82, 2.24) is 21.3 Å². The van der Waals surface area contributed by atoms with Gasteiger partial charge in [-0.05, 0) is 25.8 Å². The standard InChI is InChI=1S/C16H26N4O9/c21-6-10(19-13(25)8-2-1-5-17-8)15(27)18-9(3-4-12(23)24)14(26)20-11(7-22)16(28)29/h8-11,17,21-22H,1-7H2,(H,18,27)(H,19,25)(H,20,26)(H,23,24)(H,28,29). The van der Waals surface area contributed by atoms with Gasteiger partial charge in [-0.2, -0.15) is 0 Å². The summed E-state index contributed by atoms with van der Waals surface area (Å²) in [6.07, 6.45) is 0.451. The van der Waals surface area contributed by atoms with Gasteiger partial charge in [0.25, 0.3) is 0 Å². The third-order valence-electron chi connectivity index (χ3n) is 4.27. The van der Waals surface area contributed by atoms with E-state index in [9.17, 15) is 29.1 Å². The van der Waals surface area contributed by atoms with Crippen molar-refractivity contribution in [1.29, 1.82) is 0 Å². The van der Waals surface area contributed by atoms with Gasteiger partial charge in [-0.25, -0.2) is 4.79 Å². The Bertz CT molecular complexity index is 622. The average molecular weight is 418 g/mol. The van der Waals surface area contributed by atoms with Crippen LogP contribution >= 0.6 is 0 Å². The SMILES string of the molecule is O=C(O)CCC(NC(=O)C(CO)NC(=O)C1CCCN1)C(=O)NC(CO)C(=O)O. The minimum Gasteiger partial charge on any atom is -0.481 e. The summed E-state index contributed by atoms with van der Waals surface area (Å²) < 4.78 is 0. The van der Waals surface area contributed by atoms with Crippen molar-refractivity contribution in [2.24, 2.45) is 0 Å². The maximum absolute atomic E-state index is 12.4. The molecule has 4 atom stereocenters. The van der Waals surface area contributed by atoms with Crippen LogP contribution < -0.4 is 21.3 Å².